The Balaban J connectivity index is 2.44. The van der Waals surface area contributed by atoms with E-state index in [0.29, 0.717) is 5.56 Å². The lowest BCUT2D eigenvalue weighted by Gasteiger charge is -2.12. The molecule has 3 heteroatoms. The monoisotopic (exact) mass is 181 g/mol. The lowest BCUT2D eigenvalue weighted by atomic mass is 9.96. The summed E-state index contributed by atoms with van der Waals surface area (Å²) in [7, 11) is 0. The van der Waals surface area contributed by atoms with E-state index in [0.717, 1.165) is 24.8 Å². The lowest BCUT2D eigenvalue weighted by Crippen LogP contribution is -2.23. The Labute approximate surface area is 74.8 Å². The van der Waals surface area contributed by atoms with Crippen LogP contribution in [0, 0.1) is 0 Å². The number of carbonyl (C=O) groups excluding carboxylic acids is 1. The van der Waals surface area contributed by atoms with Crippen LogP contribution in [0.15, 0.2) is 5.38 Å². The normalized spacial score (nSPS) is 15.7. The molecule has 0 unspecified atom stereocenters. The minimum Gasteiger partial charge on any atom is -0.545 e. The van der Waals surface area contributed by atoms with Crippen LogP contribution in [0.25, 0.3) is 0 Å². The summed E-state index contributed by atoms with van der Waals surface area (Å²) >= 11 is 1.56. The van der Waals surface area contributed by atoms with Crippen molar-refractivity contribution >= 4 is 17.3 Å². The molecule has 0 amide bonds. The zero-order valence-electron chi connectivity index (χ0n) is 6.63. The van der Waals surface area contributed by atoms with Gasteiger partial charge in [0, 0.05) is 15.8 Å². The largest absolute Gasteiger partial charge is 0.545 e. The van der Waals surface area contributed by atoms with Crippen LogP contribution in [0.5, 0.6) is 0 Å². The van der Waals surface area contributed by atoms with Crippen LogP contribution in [0.2, 0.25) is 0 Å². The number of carboxylic acids is 1. The van der Waals surface area contributed by atoms with Gasteiger partial charge in [-0.2, -0.15) is 0 Å². The van der Waals surface area contributed by atoms with Gasteiger partial charge in [-0.3, -0.25) is 0 Å². The van der Waals surface area contributed by atoms with Crippen LogP contribution in [0.4, 0.5) is 0 Å². The predicted octanol–water partition coefficient (Wildman–Crippen LogP) is 0.990. The van der Waals surface area contributed by atoms with E-state index in [-0.39, 0.29) is 0 Å². The van der Waals surface area contributed by atoms with Gasteiger partial charge in [-0.25, -0.2) is 0 Å². The summed E-state index contributed by atoms with van der Waals surface area (Å²) in [5.41, 5.74) is 1.46. The highest BCUT2D eigenvalue weighted by atomic mass is 32.1. The standard InChI is InChI=1S/C9H10O2S/c10-9(11)7-5-12-8-4-2-1-3-6(7)8/h5H,1-4H2,(H,10,11)/p-1. The van der Waals surface area contributed by atoms with Crippen molar-refractivity contribution < 1.29 is 9.90 Å². The zero-order chi connectivity index (χ0) is 8.55. The fourth-order valence-corrected chi connectivity index (χ4v) is 2.78. The number of rotatable bonds is 1. The Kier molecular flexibility index (Phi) is 1.89. The van der Waals surface area contributed by atoms with Crippen molar-refractivity contribution in [2.24, 2.45) is 0 Å². The summed E-state index contributed by atoms with van der Waals surface area (Å²) in [5.74, 6) is -1.02. The summed E-state index contributed by atoms with van der Waals surface area (Å²) in [5, 5.41) is 12.3. The van der Waals surface area contributed by atoms with Gasteiger partial charge >= 0.3 is 0 Å². The van der Waals surface area contributed by atoms with E-state index in [2.05, 4.69) is 0 Å². The molecular weight excluding hydrogens is 172 g/mol. The summed E-state index contributed by atoms with van der Waals surface area (Å²) in [6, 6.07) is 0. The number of hydrogen-bond donors (Lipinski definition) is 0. The van der Waals surface area contributed by atoms with Crippen LogP contribution in [-0.4, -0.2) is 5.97 Å². The van der Waals surface area contributed by atoms with Crippen LogP contribution < -0.4 is 5.11 Å². The van der Waals surface area contributed by atoms with E-state index in [4.69, 9.17) is 0 Å². The van der Waals surface area contributed by atoms with Crippen molar-refractivity contribution in [1.82, 2.24) is 0 Å². The molecule has 2 rings (SSSR count). The average molecular weight is 181 g/mol. The second-order valence-corrected chi connectivity index (χ2v) is 4.01. The second kappa shape index (κ2) is 2.90. The lowest BCUT2D eigenvalue weighted by molar-refractivity contribution is -0.255. The van der Waals surface area contributed by atoms with E-state index < -0.39 is 5.97 Å². The van der Waals surface area contributed by atoms with Crippen LogP contribution >= 0.6 is 11.3 Å². The summed E-state index contributed by atoms with van der Waals surface area (Å²) in [6.07, 6.45) is 4.28. The van der Waals surface area contributed by atoms with Crippen molar-refractivity contribution in [3.63, 3.8) is 0 Å². The number of carbonyl (C=O) groups is 1. The highest BCUT2D eigenvalue weighted by Gasteiger charge is 2.15. The predicted molar refractivity (Wildman–Crippen MR) is 45.3 cm³/mol. The number of thiophene rings is 1. The molecule has 1 aliphatic carbocycles. The Morgan fingerprint density at radius 2 is 2.17 bits per heavy atom. The molecule has 1 heterocycles. The Bertz CT molecular complexity index is 314. The number of fused-ring (bicyclic) bond motifs is 1. The Hall–Kier alpha value is -0.830. The third-order valence-electron chi connectivity index (χ3n) is 2.28. The average Bonchev–Trinajstić information content (AvgIpc) is 2.47. The molecule has 0 saturated carbocycles. The minimum absolute atomic E-state index is 0.426. The van der Waals surface area contributed by atoms with Gasteiger partial charge in [0.2, 0.25) is 0 Å². The molecule has 1 aromatic rings. The first-order valence-electron chi connectivity index (χ1n) is 4.09. The molecule has 64 valence electrons. The molecule has 1 aromatic heterocycles. The first kappa shape index (κ1) is 7.80. The summed E-state index contributed by atoms with van der Waals surface area (Å²) in [4.78, 5) is 11.9. The number of hydrogen-bond acceptors (Lipinski definition) is 3. The SMILES string of the molecule is O=C([O-])c1csc2c1CCCC2. The van der Waals surface area contributed by atoms with Gasteiger partial charge in [0.15, 0.2) is 0 Å². The van der Waals surface area contributed by atoms with Crippen LogP contribution in [0.1, 0.15) is 33.6 Å². The van der Waals surface area contributed by atoms with Crippen molar-refractivity contribution in [2.75, 3.05) is 0 Å². The first-order valence-corrected chi connectivity index (χ1v) is 4.97. The third kappa shape index (κ3) is 1.14. The molecule has 0 bridgehead atoms. The highest BCUT2D eigenvalue weighted by molar-refractivity contribution is 7.10. The molecule has 0 aliphatic heterocycles. The fourth-order valence-electron chi connectivity index (χ4n) is 1.67. The maximum Gasteiger partial charge on any atom is 0.0726 e. The molecule has 12 heavy (non-hydrogen) atoms. The van der Waals surface area contributed by atoms with Gasteiger partial charge in [-0.05, 0) is 31.2 Å². The van der Waals surface area contributed by atoms with Gasteiger partial charge in [0.1, 0.15) is 0 Å². The van der Waals surface area contributed by atoms with E-state index in [1.165, 1.54) is 11.3 Å². The molecule has 2 nitrogen and oxygen atoms in total. The first-order chi connectivity index (χ1) is 5.79. The molecule has 0 N–H and O–H groups in total. The molecule has 0 atom stereocenters. The van der Waals surface area contributed by atoms with Crippen LogP contribution in [-0.2, 0) is 12.8 Å². The summed E-state index contributed by atoms with van der Waals surface area (Å²) < 4.78 is 0. The topological polar surface area (TPSA) is 40.1 Å². The maximum absolute atomic E-state index is 10.6. The zero-order valence-corrected chi connectivity index (χ0v) is 7.45. The molecular formula is C9H9O2S-. The molecule has 0 radical (unpaired) electrons. The second-order valence-electron chi connectivity index (χ2n) is 3.05. The quantitative estimate of drug-likeness (QED) is 0.648. The molecule has 0 aromatic carbocycles. The molecule has 1 aliphatic rings. The van der Waals surface area contributed by atoms with Gasteiger partial charge in [-0.1, -0.05) is 0 Å². The summed E-state index contributed by atoms with van der Waals surface area (Å²) in [6.45, 7) is 0. The van der Waals surface area contributed by atoms with Crippen molar-refractivity contribution in [3.8, 4) is 0 Å². The molecule has 0 saturated heterocycles. The van der Waals surface area contributed by atoms with Crippen molar-refractivity contribution in [1.29, 1.82) is 0 Å². The molecule has 0 fully saturated rings. The maximum atomic E-state index is 10.6. The minimum atomic E-state index is -1.02. The fraction of sp³-hybridized carbons (Fsp3) is 0.444. The van der Waals surface area contributed by atoms with E-state index in [1.807, 2.05) is 0 Å². The number of aryl methyl sites for hydroxylation is 1. The van der Waals surface area contributed by atoms with Crippen LogP contribution in [0.3, 0.4) is 0 Å². The van der Waals surface area contributed by atoms with E-state index in [9.17, 15) is 9.90 Å². The van der Waals surface area contributed by atoms with Crippen molar-refractivity contribution in [3.05, 3.63) is 21.4 Å². The van der Waals surface area contributed by atoms with E-state index >= 15 is 0 Å². The van der Waals surface area contributed by atoms with E-state index in [1.54, 1.807) is 16.7 Å². The highest BCUT2D eigenvalue weighted by Crippen LogP contribution is 2.29. The number of aromatic carboxylic acids is 1. The van der Waals surface area contributed by atoms with Gasteiger partial charge in [-0.15, -0.1) is 11.3 Å². The smallest absolute Gasteiger partial charge is 0.0726 e. The third-order valence-corrected chi connectivity index (χ3v) is 3.37. The Morgan fingerprint density at radius 1 is 1.42 bits per heavy atom. The van der Waals surface area contributed by atoms with Gasteiger partial charge < -0.3 is 9.90 Å². The van der Waals surface area contributed by atoms with Gasteiger partial charge in [0.05, 0.1) is 5.97 Å². The van der Waals surface area contributed by atoms with Gasteiger partial charge in [0.25, 0.3) is 0 Å². The Morgan fingerprint density at radius 3 is 2.92 bits per heavy atom. The molecule has 0 spiro atoms. The number of carboxylic acid groups (broad SMARTS) is 1. The van der Waals surface area contributed by atoms with Crippen molar-refractivity contribution in [2.45, 2.75) is 25.7 Å².